The van der Waals surface area contributed by atoms with Gasteiger partial charge in [0.25, 0.3) is 0 Å². The van der Waals surface area contributed by atoms with Crippen molar-refractivity contribution in [2.45, 2.75) is 19.8 Å². The third-order valence-electron chi connectivity index (χ3n) is 0.970. The van der Waals surface area contributed by atoms with Gasteiger partial charge in [-0.2, -0.15) is 0 Å². The summed E-state index contributed by atoms with van der Waals surface area (Å²) in [7, 11) is 0. The zero-order chi connectivity index (χ0) is 6.95. The summed E-state index contributed by atoms with van der Waals surface area (Å²) in [4.78, 5) is 0. The van der Waals surface area contributed by atoms with Crippen molar-refractivity contribution in [2.75, 3.05) is 6.61 Å². The summed E-state index contributed by atoms with van der Waals surface area (Å²) in [6, 6.07) is 0. The van der Waals surface area contributed by atoms with Crippen LogP contribution < -0.4 is 0 Å². The van der Waals surface area contributed by atoms with Crippen LogP contribution in [0.5, 0.6) is 0 Å². The molecule has 0 atom stereocenters. The van der Waals surface area contributed by atoms with E-state index in [2.05, 4.69) is 12.2 Å². The van der Waals surface area contributed by atoms with Crippen LogP contribution in [0.1, 0.15) is 19.8 Å². The van der Waals surface area contributed by atoms with Crippen molar-refractivity contribution in [2.24, 2.45) is 0 Å². The highest BCUT2D eigenvalue weighted by Gasteiger charge is 1.71. The predicted octanol–water partition coefficient (Wildman–Crippen LogP) is 1.89. The zero-order valence-electron chi connectivity index (χ0n) is 5.88. The lowest BCUT2D eigenvalue weighted by atomic mass is 10.3. The van der Waals surface area contributed by atoms with Crippen LogP contribution in [0.3, 0.4) is 0 Å². The Hall–Kier alpha value is -0.560. The van der Waals surface area contributed by atoms with E-state index in [0.29, 0.717) is 0 Å². The summed E-state index contributed by atoms with van der Waals surface area (Å²) in [5.74, 6) is 0. The predicted molar refractivity (Wildman–Crippen MR) is 40.3 cm³/mol. The molecule has 0 radical (unpaired) electrons. The van der Waals surface area contributed by atoms with Gasteiger partial charge in [0.05, 0.1) is 0 Å². The lowest BCUT2D eigenvalue weighted by Gasteiger charge is -1.81. The molecule has 1 nitrogen and oxygen atoms in total. The average molecular weight is 126 g/mol. The molecule has 9 heavy (non-hydrogen) atoms. The van der Waals surface area contributed by atoms with Crippen LogP contribution >= 0.6 is 0 Å². The molecule has 0 fully saturated rings. The van der Waals surface area contributed by atoms with Gasteiger partial charge in [-0.15, -0.1) is 0 Å². The van der Waals surface area contributed by atoms with Crippen molar-refractivity contribution in [1.82, 2.24) is 0 Å². The summed E-state index contributed by atoms with van der Waals surface area (Å²) in [6.45, 7) is 2.26. The van der Waals surface area contributed by atoms with E-state index in [0.717, 1.165) is 12.8 Å². The Morgan fingerprint density at radius 1 is 1.22 bits per heavy atom. The molecule has 0 unspecified atom stereocenters. The molecule has 0 saturated heterocycles. The molecule has 0 saturated carbocycles. The number of rotatable bonds is 4. The van der Waals surface area contributed by atoms with Crippen LogP contribution in [0.15, 0.2) is 24.3 Å². The van der Waals surface area contributed by atoms with Gasteiger partial charge in [0.1, 0.15) is 0 Å². The molecular weight excluding hydrogens is 112 g/mol. The Morgan fingerprint density at radius 2 is 2.00 bits per heavy atom. The first-order valence-electron chi connectivity index (χ1n) is 3.28. The van der Waals surface area contributed by atoms with E-state index in [-0.39, 0.29) is 6.61 Å². The second kappa shape index (κ2) is 7.44. The fraction of sp³-hybridized carbons (Fsp3) is 0.500. The highest BCUT2D eigenvalue weighted by molar-refractivity contribution is 4.90. The van der Waals surface area contributed by atoms with Gasteiger partial charge in [-0.05, 0) is 19.8 Å². The maximum atomic E-state index is 8.35. The molecule has 0 aliphatic carbocycles. The fourth-order valence-electron chi connectivity index (χ4n) is 0.503. The maximum absolute atomic E-state index is 8.35. The van der Waals surface area contributed by atoms with Crippen molar-refractivity contribution >= 4 is 0 Å². The van der Waals surface area contributed by atoms with E-state index < -0.39 is 0 Å². The molecule has 0 aliphatic rings. The number of aliphatic hydroxyl groups excluding tert-OH is 1. The third-order valence-corrected chi connectivity index (χ3v) is 0.970. The Bertz CT molecular complexity index is 92.7. The molecule has 0 aromatic heterocycles. The van der Waals surface area contributed by atoms with Gasteiger partial charge in [0.15, 0.2) is 0 Å². The Kier molecular flexibility index (Phi) is 6.98. The SMILES string of the molecule is C/C=C\C/C=C\CCO. The first-order valence-corrected chi connectivity index (χ1v) is 3.28. The second-order valence-corrected chi connectivity index (χ2v) is 1.79. The summed E-state index contributed by atoms with van der Waals surface area (Å²) in [6.07, 6.45) is 9.89. The quantitative estimate of drug-likeness (QED) is 0.570. The molecule has 1 heteroatoms. The third kappa shape index (κ3) is 7.44. The van der Waals surface area contributed by atoms with E-state index in [1.807, 2.05) is 19.1 Å². The first kappa shape index (κ1) is 8.44. The maximum Gasteiger partial charge on any atom is 0.0465 e. The van der Waals surface area contributed by atoms with Gasteiger partial charge in [-0.3, -0.25) is 0 Å². The largest absolute Gasteiger partial charge is 0.396 e. The number of hydrogen-bond acceptors (Lipinski definition) is 1. The molecule has 1 N–H and O–H groups in total. The molecule has 52 valence electrons. The van der Waals surface area contributed by atoms with Crippen molar-refractivity contribution in [3.05, 3.63) is 24.3 Å². The second-order valence-electron chi connectivity index (χ2n) is 1.79. The lowest BCUT2D eigenvalue weighted by molar-refractivity contribution is 0.302. The Morgan fingerprint density at radius 3 is 2.56 bits per heavy atom. The minimum atomic E-state index is 0.256. The monoisotopic (exact) mass is 126 g/mol. The summed E-state index contributed by atoms with van der Waals surface area (Å²) >= 11 is 0. The molecule has 0 amide bonds. The molecule has 0 bridgehead atoms. The molecule has 0 aromatic rings. The van der Waals surface area contributed by atoms with Crippen molar-refractivity contribution in [1.29, 1.82) is 0 Å². The number of hydrogen-bond donors (Lipinski definition) is 1. The van der Waals surface area contributed by atoms with Crippen LogP contribution in [0.25, 0.3) is 0 Å². The van der Waals surface area contributed by atoms with Gasteiger partial charge < -0.3 is 5.11 Å². The molecule has 0 rings (SSSR count). The van der Waals surface area contributed by atoms with E-state index in [1.54, 1.807) is 0 Å². The van der Waals surface area contributed by atoms with Gasteiger partial charge in [-0.25, -0.2) is 0 Å². The number of allylic oxidation sites excluding steroid dienone is 3. The van der Waals surface area contributed by atoms with Crippen LogP contribution in [0, 0.1) is 0 Å². The van der Waals surface area contributed by atoms with Gasteiger partial charge >= 0.3 is 0 Å². The van der Waals surface area contributed by atoms with E-state index >= 15 is 0 Å². The van der Waals surface area contributed by atoms with Gasteiger partial charge in [0.2, 0.25) is 0 Å². The lowest BCUT2D eigenvalue weighted by Crippen LogP contribution is -1.74. The summed E-state index contributed by atoms with van der Waals surface area (Å²) in [5.41, 5.74) is 0. The first-order chi connectivity index (χ1) is 4.41. The molecule has 0 spiro atoms. The molecule has 0 aliphatic heterocycles. The van der Waals surface area contributed by atoms with Gasteiger partial charge in [0, 0.05) is 6.61 Å². The molecule has 0 heterocycles. The normalized spacial score (nSPS) is 11.8. The van der Waals surface area contributed by atoms with Crippen molar-refractivity contribution in [3.8, 4) is 0 Å². The van der Waals surface area contributed by atoms with Crippen LogP contribution in [-0.4, -0.2) is 11.7 Å². The minimum absolute atomic E-state index is 0.256. The minimum Gasteiger partial charge on any atom is -0.396 e. The van der Waals surface area contributed by atoms with Gasteiger partial charge in [-0.1, -0.05) is 24.3 Å². The van der Waals surface area contributed by atoms with E-state index in [9.17, 15) is 0 Å². The topological polar surface area (TPSA) is 20.2 Å². The van der Waals surface area contributed by atoms with E-state index in [4.69, 9.17) is 5.11 Å². The standard InChI is InChI=1S/C8H14O/c1-2-3-4-5-6-7-8-9/h2-3,5-6,9H,4,7-8H2,1H3/b3-2-,6-5-. The number of aliphatic hydroxyl groups is 1. The van der Waals surface area contributed by atoms with Crippen molar-refractivity contribution in [3.63, 3.8) is 0 Å². The Labute approximate surface area is 56.7 Å². The zero-order valence-corrected chi connectivity index (χ0v) is 5.88. The molecule has 0 aromatic carbocycles. The summed E-state index contributed by atoms with van der Waals surface area (Å²) < 4.78 is 0. The molecular formula is C8H14O. The highest BCUT2D eigenvalue weighted by atomic mass is 16.2. The summed E-state index contributed by atoms with van der Waals surface area (Å²) in [5, 5.41) is 8.35. The van der Waals surface area contributed by atoms with E-state index in [1.165, 1.54) is 0 Å². The highest BCUT2D eigenvalue weighted by Crippen LogP contribution is 1.87. The van der Waals surface area contributed by atoms with Crippen LogP contribution in [0.4, 0.5) is 0 Å². The fourth-order valence-corrected chi connectivity index (χ4v) is 0.503. The van der Waals surface area contributed by atoms with Crippen LogP contribution in [0.2, 0.25) is 0 Å². The Balaban J connectivity index is 3.04. The van der Waals surface area contributed by atoms with Crippen LogP contribution in [-0.2, 0) is 0 Å². The van der Waals surface area contributed by atoms with Crippen molar-refractivity contribution < 1.29 is 5.11 Å². The average Bonchev–Trinajstić information content (AvgIpc) is 1.89. The smallest absolute Gasteiger partial charge is 0.0465 e.